The van der Waals surface area contributed by atoms with Gasteiger partial charge in [-0.15, -0.1) is 0 Å². The number of rotatable bonds is 4. The minimum atomic E-state index is -4.49. The molecule has 0 aliphatic carbocycles. The van der Waals surface area contributed by atoms with Crippen molar-refractivity contribution < 1.29 is 26.7 Å². The number of hydrogen-bond acceptors (Lipinski definition) is 5. The molecule has 1 fully saturated rings. The van der Waals surface area contributed by atoms with Gasteiger partial charge in [-0.1, -0.05) is 18.2 Å². The fourth-order valence-corrected chi connectivity index (χ4v) is 3.64. The molecule has 1 saturated heterocycles. The van der Waals surface area contributed by atoms with Crippen LogP contribution in [0.2, 0.25) is 0 Å². The van der Waals surface area contributed by atoms with Crippen molar-refractivity contribution in [2.24, 2.45) is 5.92 Å². The van der Waals surface area contributed by atoms with Crippen LogP contribution in [0.25, 0.3) is 10.9 Å². The molecule has 0 unspecified atom stereocenters. The fraction of sp³-hybridized carbons (Fsp3) is 0.375. The number of nitrogens with zero attached hydrogens (tertiary/aromatic N) is 1. The smallest absolute Gasteiger partial charge is 0.328 e. The Kier molecular flexibility index (Phi) is 4.70. The number of para-hydroxylation sites is 1. The van der Waals surface area contributed by atoms with Crippen LogP contribution in [0.1, 0.15) is 12.8 Å². The number of pyridine rings is 1. The second-order valence-corrected chi connectivity index (χ2v) is 7.42. The Morgan fingerprint density at radius 1 is 1.16 bits per heavy atom. The van der Waals surface area contributed by atoms with Gasteiger partial charge in [-0.05, 0) is 31.0 Å². The summed E-state index contributed by atoms with van der Waals surface area (Å²) in [5.41, 5.74) is 0.383. The molecule has 2 heterocycles. The molecular weight excluding hydrogens is 354 g/mol. The number of aromatic nitrogens is 1. The highest BCUT2D eigenvalue weighted by Gasteiger charge is 2.48. The van der Waals surface area contributed by atoms with E-state index in [1.807, 2.05) is 0 Å². The molecule has 1 N–H and O–H groups in total. The van der Waals surface area contributed by atoms with E-state index in [1.54, 1.807) is 24.3 Å². The van der Waals surface area contributed by atoms with Crippen LogP contribution >= 0.6 is 0 Å². The van der Waals surface area contributed by atoms with Crippen LogP contribution < -0.4 is 4.72 Å². The Hall–Kier alpha value is -2.13. The average molecular weight is 370 g/mol. The number of amides is 1. The van der Waals surface area contributed by atoms with E-state index in [9.17, 15) is 22.0 Å². The Balaban J connectivity index is 1.82. The quantitative estimate of drug-likeness (QED) is 0.891. The van der Waals surface area contributed by atoms with Crippen LogP contribution in [-0.4, -0.2) is 38.4 Å². The average Bonchev–Trinajstić information content (AvgIpc) is 2.61. The molecule has 25 heavy (non-hydrogen) atoms. The number of carbonyl (C=O) groups excluding carboxylic acids is 1. The maximum absolute atomic E-state index is 14.2. The first-order chi connectivity index (χ1) is 11.8. The van der Waals surface area contributed by atoms with E-state index in [0.717, 1.165) is 0 Å². The first-order valence-electron chi connectivity index (χ1n) is 7.69. The first kappa shape index (κ1) is 17.7. The number of halogens is 2. The highest BCUT2D eigenvalue weighted by Crippen LogP contribution is 2.33. The molecule has 134 valence electrons. The number of sulfonamides is 1. The van der Waals surface area contributed by atoms with Gasteiger partial charge in [0.15, 0.2) is 5.03 Å². The molecule has 1 aliphatic rings. The number of alkyl halides is 2. The summed E-state index contributed by atoms with van der Waals surface area (Å²) in [6.45, 7) is 0.235. The van der Waals surface area contributed by atoms with E-state index in [0.29, 0.717) is 10.9 Å². The largest absolute Gasteiger partial charge is 0.381 e. The molecule has 1 aromatic carbocycles. The molecule has 9 heteroatoms. The molecule has 3 rings (SSSR count). The third-order valence-electron chi connectivity index (χ3n) is 4.11. The van der Waals surface area contributed by atoms with E-state index in [-0.39, 0.29) is 26.1 Å². The maximum Gasteiger partial charge on any atom is 0.328 e. The number of carbonyl (C=O) groups is 1. The molecular formula is C16H16F2N2O4S. The second-order valence-electron chi connectivity index (χ2n) is 5.79. The van der Waals surface area contributed by atoms with Crippen molar-refractivity contribution in [1.82, 2.24) is 9.71 Å². The van der Waals surface area contributed by atoms with Gasteiger partial charge < -0.3 is 4.74 Å². The zero-order valence-electron chi connectivity index (χ0n) is 13.1. The van der Waals surface area contributed by atoms with Crippen molar-refractivity contribution >= 4 is 26.8 Å². The van der Waals surface area contributed by atoms with Crippen molar-refractivity contribution in [2.75, 3.05) is 13.2 Å². The lowest BCUT2D eigenvalue weighted by molar-refractivity contribution is -0.157. The van der Waals surface area contributed by atoms with Crippen molar-refractivity contribution in [3.63, 3.8) is 0 Å². The molecule has 0 atom stereocenters. The highest BCUT2D eigenvalue weighted by atomic mass is 32.2. The van der Waals surface area contributed by atoms with Gasteiger partial charge in [-0.25, -0.2) is 9.71 Å². The van der Waals surface area contributed by atoms with Crippen molar-refractivity contribution in [2.45, 2.75) is 23.8 Å². The molecule has 0 saturated carbocycles. The minimum absolute atomic E-state index is 0.00527. The molecule has 2 aromatic rings. The zero-order valence-corrected chi connectivity index (χ0v) is 13.9. The van der Waals surface area contributed by atoms with E-state index < -0.39 is 32.8 Å². The van der Waals surface area contributed by atoms with Gasteiger partial charge in [0, 0.05) is 24.5 Å². The van der Waals surface area contributed by atoms with Gasteiger partial charge in [0.25, 0.3) is 10.0 Å². The van der Waals surface area contributed by atoms with Crippen molar-refractivity contribution in [3.8, 4) is 0 Å². The molecule has 0 spiro atoms. The van der Waals surface area contributed by atoms with Gasteiger partial charge >= 0.3 is 11.8 Å². The summed E-state index contributed by atoms with van der Waals surface area (Å²) in [6, 6.07) is 9.42. The third kappa shape index (κ3) is 3.62. The SMILES string of the molecule is O=C(NS(=O)(=O)c1ccc2ccccc2n1)C(F)(F)C1CCOCC1. The van der Waals surface area contributed by atoms with Gasteiger partial charge in [0.2, 0.25) is 0 Å². The van der Waals surface area contributed by atoms with Gasteiger partial charge in [-0.3, -0.25) is 4.79 Å². The number of hydrogen-bond donors (Lipinski definition) is 1. The van der Waals surface area contributed by atoms with Gasteiger partial charge in [-0.2, -0.15) is 17.2 Å². The lowest BCUT2D eigenvalue weighted by Crippen LogP contribution is -2.49. The highest BCUT2D eigenvalue weighted by molar-refractivity contribution is 7.90. The summed E-state index contributed by atoms with van der Waals surface area (Å²) >= 11 is 0. The minimum Gasteiger partial charge on any atom is -0.381 e. The van der Waals surface area contributed by atoms with Crippen LogP contribution in [0.15, 0.2) is 41.4 Å². The summed E-state index contributed by atoms with van der Waals surface area (Å²) in [5.74, 6) is -6.89. The summed E-state index contributed by atoms with van der Waals surface area (Å²) in [6.07, 6.45) is -0.0105. The van der Waals surface area contributed by atoms with Gasteiger partial charge in [0.05, 0.1) is 5.52 Å². The Morgan fingerprint density at radius 2 is 1.84 bits per heavy atom. The molecule has 6 nitrogen and oxygen atoms in total. The topological polar surface area (TPSA) is 85.4 Å². The van der Waals surface area contributed by atoms with Crippen LogP contribution in [0.5, 0.6) is 0 Å². The monoisotopic (exact) mass is 370 g/mol. The fourth-order valence-electron chi connectivity index (χ4n) is 2.68. The number of nitrogens with one attached hydrogen (secondary N) is 1. The predicted molar refractivity (Wildman–Crippen MR) is 85.6 cm³/mol. The summed E-state index contributed by atoms with van der Waals surface area (Å²) in [7, 11) is -4.49. The summed E-state index contributed by atoms with van der Waals surface area (Å²) in [4.78, 5) is 15.8. The number of benzene rings is 1. The maximum atomic E-state index is 14.2. The van der Waals surface area contributed by atoms with Crippen LogP contribution in [0.3, 0.4) is 0 Å². The van der Waals surface area contributed by atoms with Crippen LogP contribution in [0, 0.1) is 5.92 Å². The molecule has 0 radical (unpaired) electrons. The Bertz CT molecular complexity index is 896. The summed E-state index contributed by atoms with van der Waals surface area (Å²) in [5, 5.41) is 0.211. The summed E-state index contributed by atoms with van der Waals surface area (Å²) < 4.78 is 59.5. The Labute approximate surface area is 143 Å². The van der Waals surface area contributed by atoms with E-state index in [1.165, 1.54) is 16.9 Å². The van der Waals surface area contributed by atoms with Gasteiger partial charge in [0.1, 0.15) is 0 Å². The molecule has 0 bridgehead atoms. The lowest BCUT2D eigenvalue weighted by Gasteiger charge is -2.28. The number of ether oxygens (including phenoxy) is 1. The van der Waals surface area contributed by atoms with E-state index >= 15 is 0 Å². The second kappa shape index (κ2) is 6.64. The van der Waals surface area contributed by atoms with E-state index in [4.69, 9.17) is 4.74 Å². The van der Waals surface area contributed by atoms with E-state index in [2.05, 4.69) is 4.98 Å². The number of fused-ring (bicyclic) bond motifs is 1. The molecule has 1 aromatic heterocycles. The normalized spacial score (nSPS) is 16.7. The standard InChI is InChI=1S/C16H16F2N2O4S/c17-16(18,12-7-9-24-10-8-12)15(21)20-25(22,23)14-6-5-11-3-1-2-4-13(11)19-14/h1-6,12H,7-10H2,(H,20,21). The van der Waals surface area contributed by atoms with Crippen LogP contribution in [0.4, 0.5) is 8.78 Å². The van der Waals surface area contributed by atoms with Crippen molar-refractivity contribution in [3.05, 3.63) is 36.4 Å². The zero-order chi connectivity index (χ0) is 18.1. The lowest BCUT2D eigenvalue weighted by atomic mass is 9.92. The first-order valence-corrected chi connectivity index (χ1v) is 9.17. The predicted octanol–water partition coefficient (Wildman–Crippen LogP) is 2.10. The molecule has 1 aliphatic heterocycles. The molecule has 1 amide bonds. The third-order valence-corrected chi connectivity index (χ3v) is 5.34. The van der Waals surface area contributed by atoms with Crippen molar-refractivity contribution in [1.29, 1.82) is 0 Å². The Morgan fingerprint density at radius 3 is 2.56 bits per heavy atom. The van der Waals surface area contributed by atoms with Crippen LogP contribution in [-0.2, 0) is 19.6 Å².